The second-order valence-electron chi connectivity index (χ2n) is 7.20. The van der Waals surface area contributed by atoms with Gasteiger partial charge in [0, 0.05) is 32.7 Å². The molecule has 24 heavy (non-hydrogen) atoms. The molecule has 1 aromatic rings. The summed E-state index contributed by atoms with van der Waals surface area (Å²) < 4.78 is 14.9. The minimum atomic E-state index is -0.178. The first-order chi connectivity index (χ1) is 11.4. The maximum absolute atomic E-state index is 14.9. The summed E-state index contributed by atoms with van der Waals surface area (Å²) in [4.78, 5) is 11.4. The molecule has 1 N–H and O–H groups in total. The second kappa shape index (κ2) is 5.21. The van der Waals surface area contributed by atoms with Crippen molar-refractivity contribution in [3.05, 3.63) is 35.4 Å². The fourth-order valence-corrected chi connectivity index (χ4v) is 4.20. The van der Waals surface area contributed by atoms with Gasteiger partial charge in [0.15, 0.2) is 0 Å². The Kier molecular flexibility index (Phi) is 3.35. The van der Waals surface area contributed by atoms with Crippen molar-refractivity contribution in [2.45, 2.75) is 25.9 Å². The fraction of sp³-hybridized carbons (Fsp3) is 0.500. The number of rotatable bonds is 0. The number of benzene rings is 1. The van der Waals surface area contributed by atoms with Crippen molar-refractivity contribution < 1.29 is 4.39 Å². The Balaban J connectivity index is 1.96. The third-order valence-corrected chi connectivity index (χ3v) is 5.36. The molecule has 3 aliphatic heterocycles. The quantitative estimate of drug-likeness (QED) is 0.791. The van der Waals surface area contributed by atoms with Gasteiger partial charge in [0.25, 0.3) is 0 Å². The van der Waals surface area contributed by atoms with Gasteiger partial charge in [-0.3, -0.25) is 0 Å². The Bertz CT molecular complexity index is 756. The number of nitrogens with one attached hydrogen (secondary N) is 1. The smallest absolute Gasteiger partial charge is 0.150 e. The predicted molar refractivity (Wildman–Crippen MR) is 96.3 cm³/mol. The largest absolute Gasteiger partial charge is 0.380 e. The van der Waals surface area contributed by atoms with Crippen LogP contribution in [0, 0.1) is 12.7 Å². The second-order valence-corrected chi connectivity index (χ2v) is 7.20. The Morgan fingerprint density at radius 2 is 2.08 bits per heavy atom. The minimum Gasteiger partial charge on any atom is -0.380 e. The predicted octanol–water partition coefficient (Wildman–Crippen LogP) is 2.23. The van der Waals surface area contributed by atoms with Gasteiger partial charge in [-0.05, 0) is 32.5 Å². The van der Waals surface area contributed by atoms with Crippen LogP contribution in [0.25, 0.3) is 0 Å². The van der Waals surface area contributed by atoms with E-state index in [1.165, 1.54) is 0 Å². The zero-order chi connectivity index (χ0) is 17.2. The van der Waals surface area contributed by atoms with E-state index >= 15 is 0 Å². The van der Waals surface area contributed by atoms with Gasteiger partial charge >= 0.3 is 0 Å². The molecule has 2 atom stereocenters. The summed E-state index contributed by atoms with van der Waals surface area (Å²) in [5.41, 5.74) is 3.06. The molecule has 1 fully saturated rings. The third-order valence-electron chi connectivity index (χ3n) is 5.36. The van der Waals surface area contributed by atoms with Crippen molar-refractivity contribution in [3.63, 3.8) is 0 Å². The lowest BCUT2D eigenvalue weighted by molar-refractivity contribution is 0.111. The molecule has 0 bridgehead atoms. The van der Waals surface area contributed by atoms with Gasteiger partial charge in [0.1, 0.15) is 17.5 Å². The number of nitrogens with zero attached hydrogens (tertiary/aromatic N) is 4. The number of aryl methyl sites for hydroxylation is 1. The Labute approximate surface area is 142 Å². The van der Waals surface area contributed by atoms with Gasteiger partial charge < -0.3 is 20.0 Å². The van der Waals surface area contributed by atoms with E-state index in [2.05, 4.69) is 35.7 Å². The number of amidine groups is 1. The average molecular weight is 329 g/mol. The third kappa shape index (κ3) is 2.05. The molecule has 0 aromatic heterocycles. The van der Waals surface area contributed by atoms with Crippen LogP contribution in [0.3, 0.4) is 0 Å². The molecule has 5 nitrogen and oxygen atoms in total. The highest BCUT2D eigenvalue weighted by Crippen LogP contribution is 2.40. The van der Waals surface area contributed by atoms with Crippen molar-refractivity contribution >= 4 is 17.2 Å². The molecule has 1 saturated heterocycles. The number of anilines is 2. The van der Waals surface area contributed by atoms with E-state index in [0.717, 1.165) is 30.2 Å². The SMILES string of the molecule is C=C1N=C2c3c(cc(C)c(F)c3NCC3CN(C)CC(C)N23)N1C. The molecule has 0 amide bonds. The first-order valence-electron chi connectivity index (χ1n) is 8.44. The Morgan fingerprint density at radius 3 is 2.83 bits per heavy atom. The fourth-order valence-electron chi connectivity index (χ4n) is 4.20. The molecule has 0 saturated carbocycles. The zero-order valence-corrected chi connectivity index (χ0v) is 14.7. The summed E-state index contributed by atoms with van der Waals surface area (Å²) in [6.45, 7) is 10.7. The molecular weight excluding hydrogens is 305 g/mol. The van der Waals surface area contributed by atoms with E-state index < -0.39 is 0 Å². The number of aliphatic imine (C=N–C) groups is 1. The average Bonchev–Trinajstić information content (AvgIpc) is 2.67. The molecule has 3 heterocycles. The highest BCUT2D eigenvalue weighted by Gasteiger charge is 2.40. The van der Waals surface area contributed by atoms with Crippen molar-refractivity contribution in [3.8, 4) is 0 Å². The molecule has 4 rings (SSSR count). The van der Waals surface area contributed by atoms with Crippen LogP contribution in [0.5, 0.6) is 0 Å². The summed E-state index contributed by atoms with van der Waals surface area (Å²) in [6.07, 6.45) is 0. The number of likely N-dealkylation sites (N-methyl/N-ethyl adjacent to an activating group) is 1. The van der Waals surface area contributed by atoms with Gasteiger partial charge in [-0.15, -0.1) is 0 Å². The van der Waals surface area contributed by atoms with Crippen LogP contribution >= 0.6 is 0 Å². The van der Waals surface area contributed by atoms with E-state index in [0.29, 0.717) is 29.7 Å². The van der Waals surface area contributed by atoms with Crippen molar-refractivity contribution in [2.24, 2.45) is 4.99 Å². The first kappa shape index (κ1) is 15.4. The van der Waals surface area contributed by atoms with Crippen molar-refractivity contribution in [1.29, 1.82) is 0 Å². The number of piperazine rings is 1. The molecule has 0 spiro atoms. The van der Waals surface area contributed by atoms with E-state index in [1.807, 2.05) is 24.9 Å². The van der Waals surface area contributed by atoms with Crippen molar-refractivity contribution in [1.82, 2.24) is 9.80 Å². The van der Waals surface area contributed by atoms with Crippen LogP contribution in [0.1, 0.15) is 18.1 Å². The van der Waals surface area contributed by atoms with Gasteiger partial charge in [-0.25, -0.2) is 9.38 Å². The standard InChI is InChI=1S/C18H24FN5/c1-10-6-14-15-17(16(10)19)20-7-13-9-22(4)8-11(2)24(13)18(15)21-12(3)23(14)5/h6,11,13,20H,3,7-9H2,1-2,4-5H3. The van der Waals surface area contributed by atoms with Crippen LogP contribution in [-0.4, -0.2) is 61.4 Å². The summed E-state index contributed by atoms with van der Waals surface area (Å²) in [5, 5.41) is 3.37. The van der Waals surface area contributed by atoms with E-state index in [4.69, 9.17) is 4.99 Å². The Morgan fingerprint density at radius 1 is 1.33 bits per heavy atom. The minimum absolute atomic E-state index is 0.178. The van der Waals surface area contributed by atoms with Gasteiger partial charge in [0.2, 0.25) is 0 Å². The van der Waals surface area contributed by atoms with Gasteiger partial charge in [0.05, 0.1) is 23.0 Å². The topological polar surface area (TPSA) is 34.1 Å². The normalized spacial score (nSPS) is 26.4. The highest BCUT2D eigenvalue weighted by atomic mass is 19.1. The van der Waals surface area contributed by atoms with Crippen LogP contribution in [-0.2, 0) is 0 Å². The molecule has 0 radical (unpaired) electrons. The lowest BCUT2D eigenvalue weighted by Gasteiger charge is -2.46. The lowest BCUT2D eigenvalue weighted by atomic mass is 10.00. The maximum Gasteiger partial charge on any atom is 0.150 e. The monoisotopic (exact) mass is 329 g/mol. The number of hydrogen-bond acceptors (Lipinski definition) is 5. The lowest BCUT2D eigenvalue weighted by Crippen LogP contribution is -2.60. The van der Waals surface area contributed by atoms with Crippen molar-refractivity contribution in [2.75, 3.05) is 43.9 Å². The van der Waals surface area contributed by atoms with Gasteiger partial charge in [-0.2, -0.15) is 0 Å². The van der Waals surface area contributed by atoms with E-state index in [-0.39, 0.29) is 11.9 Å². The summed E-state index contributed by atoms with van der Waals surface area (Å²) in [6, 6.07) is 2.47. The number of hydrogen-bond donors (Lipinski definition) is 1. The molecule has 2 unspecified atom stereocenters. The molecule has 3 aliphatic rings. The molecule has 1 aromatic carbocycles. The maximum atomic E-state index is 14.9. The van der Waals surface area contributed by atoms with Crippen LogP contribution in [0.15, 0.2) is 23.5 Å². The van der Waals surface area contributed by atoms with E-state index in [1.54, 1.807) is 0 Å². The molecule has 0 aliphatic carbocycles. The molecule has 128 valence electrons. The van der Waals surface area contributed by atoms with E-state index in [9.17, 15) is 4.39 Å². The molecular formula is C18H24FN5. The Hall–Kier alpha value is -2.08. The van der Waals surface area contributed by atoms with Crippen LogP contribution in [0.4, 0.5) is 15.8 Å². The number of fused-ring (bicyclic) bond motifs is 2. The first-order valence-corrected chi connectivity index (χ1v) is 8.44. The van der Waals surface area contributed by atoms with Gasteiger partial charge in [-0.1, -0.05) is 6.58 Å². The highest BCUT2D eigenvalue weighted by molar-refractivity contribution is 6.11. The summed E-state index contributed by atoms with van der Waals surface area (Å²) in [5.74, 6) is 1.38. The summed E-state index contributed by atoms with van der Waals surface area (Å²) >= 11 is 0. The van der Waals surface area contributed by atoms with Crippen LogP contribution < -0.4 is 10.2 Å². The zero-order valence-electron chi connectivity index (χ0n) is 14.7. The molecule has 6 heteroatoms. The van der Waals surface area contributed by atoms with Crippen LogP contribution in [0.2, 0.25) is 0 Å². The summed E-state index contributed by atoms with van der Waals surface area (Å²) in [7, 11) is 4.07. The number of halogens is 1.